The highest BCUT2D eigenvalue weighted by Gasteiger charge is 2.42. The zero-order valence-corrected chi connectivity index (χ0v) is 31.8. The Kier molecular flexibility index (Phi) is 10.8. The lowest BCUT2D eigenvalue weighted by molar-refractivity contribution is -0.136. The Bertz CT molecular complexity index is 2040. The molecular weight excluding hydrogens is 736 g/mol. The van der Waals surface area contributed by atoms with Crippen molar-refractivity contribution in [2.24, 2.45) is 11.7 Å². The van der Waals surface area contributed by atoms with Crippen LogP contribution < -0.4 is 25.4 Å². The van der Waals surface area contributed by atoms with E-state index >= 15 is 0 Å². The van der Waals surface area contributed by atoms with Crippen molar-refractivity contribution in [1.29, 1.82) is 5.26 Å². The van der Waals surface area contributed by atoms with Gasteiger partial charge in [0.1, 0.15) is 41.2 Å². The molecule has 3 N–H and O–H groups in total. The molecule has 0 bridgehead atoms. The van der Waals surface area contributed by atoms with Crippen LogP contribution in [0.25, 0.3) is 0 Å². The number of anilines is 1. The molecule has 1 atom stereocenters. The molecule has 14 nitrogen and oxygen atoms in total. The quantitative estimate of drug-likeness (QED) is 0.263. The smallest absolute Gasteiger partial charge is 0.268 e. The first-order valence-corrected chi connectivity index (χ1v) is 19.9. The molecule has 2 aromatic carbocycles. The van der Waals surface area contributed by atoms with Crippen molar-refractivity contribution in [1.82, 2.24) is 25.1 Å². The number of carbonyl (C=O) groups excluding carboxylic acids is 4. The van der Waals surface area contributed by atoms with Crippen LogP contribution in [0, 0.1) is 17.2 Å². The van der Waals surface area contributed by atoms with Crippen LogP contribution in [0.2, 0.25) is 5.02 Å². The number of aromatic nitrogens is 2. The number of benzene rings is 2. The maximum atomic E-state index is 13.4. The Morgan fingerprint density at radius 3 is 2.34 bits per heavy atom. The molecule has 1 unspecified atom stereocenters. The number of fused-ring (bicyclic) bond motifs is 1. The van der Waals surface area contributed by atoms with Crippen LogP contribution in [0.3, 0.4) is 0 Å². The van der Waals surface area contributed by atoms with Crippen molar-refractivity contribution in [3.05, 3.63) is 76.2 Å². The number of nitrogens with two attached hydrogens (primary N) is 1. The first-order valence-electron chi connectivity index (χ1n) is 19.5. The molecule has 0 spiro atoms. The molecule has 2 aliphatic carbocycles. The molecule has 8 rings (SSSR count). The number of imide groups is 1. The van der Waals surface area contributed by atoms with Crippen LogP contribution in [0.4, 0.5) is 5.82 Å². The molecule has 15 heteroatoms. The normalized spacial score (nSPS) is 25.3. The monoisotopic (exact) mass is 780 g/mol. The second-order valence-electron chi connectivity index (χ2n) is 15.6. The Morgan fingerprint density at radius 2 is 1.66 bits per heavy atom. The molecule has 1 aromatic heterocycles. The zero-order chi connectivity index (χ0) is 38.9. The number of hydrogen-bond donors (Lipinski definition) is 2. The van der Waals surface area contributed by atoms with Crippen LogP contribution in [0.15, 0.2) is 48.8 Å². The highest BCUT2D eigenvalue weighted by atomic mass is 35.5. The van der Waals surface area contributed by atoms with E-state index in [1.165, 1.54) is 6.20 Å². The number of ether oxygens (including phenoxy) is 2. The number of carbonyl (C=O) groups is 4. The van der Waals surface area contributed by atoms with Gasteiger partial charge < -0.3 is 25.0 Å². The van der Waals surface area contributed by atoms with Gasteiger partial charge in [0.05, 0.1) is 29.1 Å². The minimum absolute atomic E-state index is 0.0212. The fourth-order valence-corrected chi connectivity index (χ4v) is 9.12. The molecule has 3 aliphatic heterocycles. The maximum Gasteiger partial charge on any atom is 0.268 e. The summed E-state index contributed by atoms with van der Waals surface area (Å²) in [6, 6.07) is 13.1. The van der Waals surface area contributed by atoms with Crippen molar-refractivity contribution in [3.63, 3.8) is 0 Å². The van der Waals surface area contributed by atoms with E-state index in [-0.39, 0.29) is 36.1 Å². The van der Waals surface area contributed by atoms with Gasteiger partial charge >= 0.3 is 0 Å². The Balaban J connectivity index is 0.893. The minimum Gasteiger partial charge on any atom is -0.490 e. The van der Waals surface area contributed by atoms with E-state index in [2.05, 4.69) is 31.2 Å². The van der Waals surface area contributed by atoms with Crippen molar-refractivity contribution in [2.75, 3.05) is 24.5 Å². The summed E-state index contributed by atoms with van der Waals surface area (Å²) in [5.74, 6) is 1.07. The Hall–Kier alpha value is -5.26. The SMILES string of the molecule is N#Cc1ccc(OC2CCC(N(CC3CCN(c4cnc(C(N)=O)cn4)CC3)C3CC(Oc4ccc5c(c4)C(=O)N(C4CCC(=O)NC4=O)C5)C3)CC2)cc1Cl. The molecule has 4 heterocycles. The van der Waals surface area contributed by atoms with Crippen molar-refractivity contribution >= 4 is 41.0 Å². The lowest BCUT2D eigenvalue weighted by Crippen LogP contribution is -2.56. The van der Waals surface area contributed by atoms with E-state index in [0.29, 0.717) is 58.6 Å². The zero-order valence-electron chi connectivity index (χ0n) is 31.1. The third kappa shape index (κ3) is 8.01. The van der Waals surface area contributed by atoms with E-state index < -0.39 is 17.9 Å². The molecule has 2 saturated carbocycles. The molecule has 2 saturated heterocycles. The van der Waals surface area contributed by atoms with Gasteiger partial charge in [0.25, 0.3) is 11.8 Å². The third-order valence-corrected chi connectivity index (χ3v) is 12.4. The molecular formula is C41H45ClN8O6. The van der Waals surface area contributed by atoms with Crippen LogP contribution in [0.5, 0.6) is 11.5 Å². The number of primary amides is 1. The highest BCUT2D eigenvalue weighted by Crippen LogP contribution is 2.38. The van der Waals surface area contributed by atoms with E-state index in [9.17, 15) is 24.4 Å². The van der Waals surface area contributed by atoms with Gasteiger partial charge in [0.15, 0.2) is 0 Å². The largest absolute Gasteiger partial charge is 0.490 e. The average Bonchev–Trinajstić information content (AvgIpc) is 3.51. The summed E-state index contributed by atoms with van der Waals surface area (Å²) in [6.07, 6.45) is 11.4. The Morgan fingerprint density at radius 1 is 0.929 bits per heavy atom. The molecule has 3 aromatic rings. The first kappa shape index (κ1) is 37.7. The second-order valence-corrected chi connectivity index (χ2v) is 16.0. The maximum absolute atomic E-state index is 13.4. The van der Waals surface area contributed by atoms with Crippen LogP contribution >= 0.6 is 11.6 Å². The summed E-state index contributed by atoms with van der Waals surface area (Å²) in [5.41, 5.74) is 7.34. The highest BCUT2D eigenvalue weighted by molar-refractivity contribution is 6.31. The van der Waals surface area contributed by atoms with Crippen molar-refractivity contribution in [2.45, 2.75) is 101 Å². The van der Waals surface area contributed by atoms with Crippen LogP contribution in [-0.2, 0) is 16.1 Å². The number of hydrogen-bond acceptors (Lipinski definition) is 11. The summed E-state index contributed by atoms with van der Waals surface area (Å²) in [4.78, 5) is 64.2. The molecule has 292 valence electrons. The lowest BCUT2D eigenvalue weighted by atomic mass is 9.82. The number of rotatable bonds is 11. The third-order valence-electron chi connectivity index (χ3n) is 12.1. The number of amides is 4. The summed E-state index contributed by atoms with van der Waals surface area (Å²) in [6.45, 7) is 3.03. The van der Waals surface area contributed by atoms with E-state index in [1.807, 2.05) is 18.2 Å². The van der Waals surface area contributed by atoms with Crippen molar-refractivity contribution in [3.8, 4) is 17.6 Å². The number of nitrogens with one attached hydrogen (secondary N) is 1. The second kappa shape index (κ2) is 16.1. The van der Waals surface area contributed by atoms with Gasteiger partial charge in [-0.25, -0.2) is 9.97 Å². The van der Waals surface area contributed by atoms with E-state index in [1.54, 1.807) is 29.3 Å². The number of nitrogens with zero attached hydrogens (tertiary/aromatic N) is 6. The van der Waals surface area contributed by atoms with Crippen LogP contribution in [0.1, 0.15) is 96.2 Å². The standard InChI is InChI=1S/C41H45ClN8O6/c42-34-18-31(5-1-25(34)19-43)55-29-7-3-27(4-8-29)49(22-24-11-13-48(14-12-24)37-21-45-35(20-46-37)39(44)52)28-15-32(16-28)56-30-6-2-26-23-50(41(54)33(26)17-30)36-9-10-38(51)47-40(36)53/h1-2,5-6,17-18,20-21,24,27-29,32,36H,3-4,7-16,22-23H2,(H2,44,52)(H,47,51,53). The molecule has 5 aliphatic rings. The Labute approximate surface area is 330 Å². The molecule has 56 heavy (non-hydrogen) atoms. The van der Waals surface area contributed by atoms with Crippen LogP contribution in [-0.4, -0.2) is 93.4 Å². The summed E-state index contributed by atoms with van der Waals surface area (Å²) in [5, 5.41) is 12.0. The molecule has 4 fully saturated rings. The summed E-state index contributed by atoms with van der Waals surface area (Å²) in [7, 11) is 0. The van der Waals surface area contributed by atoms with Crippen molar-refractivity contribution < 1.29 is 28.7 Å². The minimum atomic E-state index is -0.651. The van der Waals surface area contributed by atoms with E-state index in [4.69, 9.17) is 26.8 Å². The first-order chi connectivity index (χ1) is 27.1. The topological polar surface area (TPSA) is 184 Å². The molecule has 4 amide bonds. The predicted octanol–water partition coefficient (Wildman–Crippen LogP) is 4.38. The number of halogens is 1. The van der Waals surface area contributed by atoms with Gasteiger partial charge in [0.2, 0.25) is 11.8 Å². The van der Waals surface area contributed by atoms with E-state index in [0.717, 1.165) is 82.4 Å². The van der Waals surface area contributed by atoms with Gasteiger partial charge in [-0.2, -0.15) is 5.26 Å². The van der Waals surface area contributed by atoms with Gasteiger partial charge in [-0.1, -0.05) is 17.7 Å². The predicted molar refractivity (Wildman–Crippen MR) is 205 cm³/mol. The number of nitriles is 1. The lowest BCUT2D eigenvalue weighted by Gasteiger charge is -2.49. The summed E-state index contributed by atoms with van der Waals surface area (Å²) >= 11 is 6.28. The van der Waals surface area contributed by atoms with Gasteiger partial charge in [0, 0.05) is 69.2 Å². The fraction of sp³-hybridized carbons (Fsp3) is 0.488. The van der Waals surface area contributed by atoms with Gasteiger partial charge in [-0.05, 0) is 80.7 Å². The average molecular weight is 781 g/mol. The fourth-order valence-electron chi connectivity index (χ4n) is 8.90. The van der Waals surface area contributed by atoms with Gasteiger partial charge in [-0.3, -0.25) is 29.4 Å². The number of piperidine rings is 2. The van der Waals surface area contributed by atoms with Gasteiger partial charge in [-0.15, -0.1) is 0 Å². The molecule has 0 radical (unpaired) electrons. The summed E-state index contributed by atoms with van der Waals surface area (Å²) < 4.78 is 12.8.